The number of benzene rings is 1. The van der Waals surface area contributed by atoms with Gasteiger partial charge in [-0.15, -0.1) is 0 Å². The quantitative estimate of drug-likeness (QED) is 0.766. The number of carbonyl (C=O) groups is 1. The lowest BCUT2D eigenvalue weighted by atomic mass is 9.85. The second-order valence-electron chi connectivity index (χ2n) is 10.3. The van der Waals surface area contributed by atoms with Crippen LogP contribution in [0.4, 0.5) is 5.69 Å². The van der Waals surface area contributed by atoms with Crippen molar-refractivity contribution in [2.45, 2.75) is 58.2 Å². The minimum Gasteiger partial charge on any atom is -0.387 e. The highest BCUT2D eigenvalue weighted by Crippen LogP contribution is 2.35. The molecule has 1 atom stereocenters. The average molecular weight is 438 g/mol. The van der Waals surface area contributed by atoms with E-state index >= 15 is 0 Å². The molecule has 0 spiro atoms. The number of rotatable bonds is 4. The summed E-state index contributed by atoms with van der Waals surface area (Å²) in [7, 11) is 0. The van der Waals surface area contributed by atoms with E-state index in [0.29, 0.717) is 19.4 Å². The molecule has 6 heteroatoms. The molecule has 0 radical (unpaired) electrons. The summed E-state index contributed by atoms with van der Waals surface area (Å²) in [6.45, 7) is 8.59. The number of fused-ring (bicyclic) bond motifs is 1. The molecule has 172 valence electrons. The number of aliphatic hydroxyl groups excluding tert-OH is 1. The van der Waals surface area contributed by atoms with Crippen LogP contribution in [0.15, 0.2) is 42.7 Å². The number of aromatic nitrogens is 1. The van der Waals surface area contributed by atoms with Crippen LogP contribution in [-0.2, 0) is 16.8 Å². The van der Waals surface area contributed by atoms with E-state index in [2.05, 4.69) is 16.0 Å². The third-order valence-corrected chi connectivity index (χ3v) is 6.81. The molecule has 2 aliphatic rings. The number of anilines is 1. The zero-order chi connectivity index (χ0) is 22.9. The van der Waals surface area contributed by atoms with E-state index in [1.165, 1.54) is 0 Å². The Morgan fingerprint density at radius 3 is 2.59 bits per heavy atom. The van der Waals surface area contributed by atoms with Crippen LogP contribution in [0.25, 0.3) is 0 Å². The SMILES string of the molecule is CC(C)(C)C(=O)N1CCCc2cc(C(O)CN3CCC(O)(c4cccnc4)CC3)ccc21. The van der Waals surface area contributed by atoms with Crippen molar-refractivity contribution in [2.75, 3.05) is 31.1 Å². The molecule has 32 heavy (non-hydrogen) atoms. The number of piperidine rings is 1. The van der Waals surface area contributed by atoms with Gasteiger partial charge in [-0.1, -0.05) is 39.0 Å². The van der Waals surface area contributed by atoms with Gasteiger partial charge in [0.1, 0.15) is 0 Å². The number of amides is 1. The Morgan fingerprint density at radius 1 is 1.19 bits per heavy atom. The second kappa shape index (κ2) is 8.93. The van der Waals surface area contributed by atoms with Gasteiger partial charge in [0.15, 0.2) is 0 Å². The average Bonchev–Trinajstić information content (AvgIpc) is 2.79. The van der Waals surface area contributed by atoms with Gasteiger partial charge in [-0.3, -0.25) is 9.78 Å². The maximum atomic E-state index is 12.9. The number of carbonyl (C=O) groups excluding carboxylic acids is 1. The molecule has 1 aromatic heterocycles. The Labute approximate surface area is 190 Å². The standard InChI is InChI=1S/C26H35N3O3/c1-25(2,3)24(31)29-13-5-6-19-16-20(8-9-22(19)29)23(30)18-28-14-10-26(32,11-15-28)21-7-4-12-27-17-21/h4,7-9,12,16-17,23,30,32H,5-6,10-11,13-15,18H2,1-3H3. The van der Waals surface area contributed by atoms with Gasteiger partial charge in [0.25, 0.3) is 0 Å². The van der Waals surface area contributed by atoms with Gasteiger partial charge in [-0.05, 0) is 48.9 Å². The number of aliphatic hydroxyl groups is 2. The molecule has 2 N–H and O–H groups in total. The molecule has 1 unspecified atom stereocenters. The van der Waals surface area contributed by atoms with Crippen molar-refractivity contribution >= 4 is 11.6 Å². The summed E-state index contributed by atoms with van der Waals surface area (Å²) in [6, 6.07) is 9.80. The van der Waals surface area contributed by atoms with Crippen LogP contribution in [0.1, 0.15) is 62.8 Å². The largest absolute Gasteiger partial charge is 0.387 e. The Kier molecular flexibility index (Phi) is 6.39. The van der Waals surface area contributed by atoms with Gasteiger partial charge in [-0.25, -0.2) is 0 Å². The Morgan fingerprint density at radius 2 is 1.94 bits per heavy atom. The molecule has 2 aromatic rings. The second-order valence-corrected chi connectivity index (χ2v) is 10.3. The summed E-state index contributed by atoms with van der Waals surface area (Å²) >= 11 is 0. The maximum absolute atomic E-state index is 12.9. The van der Waals surface area contributed by atoms with Crippen molar-refractivity contribution < 1.29 is 15.0 Å². The predicted molar refractivity (Wildman–Crippen MR) is 125 cm³/mol. The summed E-state index contributed by atoms with van der Waals surface area (Å²) in [5.74, 6) is 0.140. The molecule has 4 rings (SSSR count). The number of aryl methyl sites for hydroxylation is 1. The van der Waals surface area contributed by atoms with Crippen LogP contribution < -0.4 is 4.90 Å². The lowest BCUT2D eigenvalue weighted by Gasteiger charge is -2.39. The topological polar surface area (TPSA) is 76.9 Å². The third-order valence-electron chi connectivity index (χ3n) is 6.81. The fourth-order valence-corrected chi connectivity index (χ4v) is 4.82. The van der Waals surface area contributed by atoms with E-state index in [0.717, 1.165) is 54.9 Å². The van der Waals surface area contributed by atoms with Crippen molar-refractivity contribution in [3.8, 4) is 0 Å². The van der Waals surface area contributed by atoms with Crippen LogP contribution in [0, 0.1) is 5.41 Å². The van der Waals surface area contributed by atoms with Gasteiger partial charge >= 0.3 is 0 Å². The van der Waals surface area contributed by atoms with E-state index < -0.39 is 17.1 Å². The monoisotopic (exact) mass is 437 g/mol. The number of hydrogen-bond acceptors (Lipinski definition) is 5. The predicted octanol–water partition coefficient (Wildman–Crippen LogP) is 3.42. The minimum atomic E-state index is -0.843. The summed E-state index contributed by atoms with van der Waals surface area (Å²) in [5.41, 5.74) is 2.61. The molecule has 1 amide bonds. The lowest BCUT2D eigenvalue weighted by molar-refractivity contribution is -0.125. The first-order valence-electron chi connectivity index (χ1n) is 11.7. The third kappa shape index (κ3) is 4.72. The fraction of sp³-hybridized carbons (Fsp3) is 0.538. The minimum absolute atomic E-state index is 0.140. The van der Waals surface area contributed by atoms with Gasteiger partial charge in [0.2, 0.25) is 5.91 Å². The summed E-state index contributed by atoms with van der Waals surface area (Å²) in [5, 5.41) is 21.9. The Bertz CT molecular complexity index is 947. The highest BCUT2D eigenvalue weighted by atomic mass is 16.3. The zero-order valence-electron chi connectivity index (χ0n) is 19.4. The first-order valence-corrected chi connectivity index (χ1v) is 11.7. The Hall–Kier alpha value is -2.28. The number of nitrogens with zero attached hydrogens (tertiary/aromatic N) is 3. The normalized spacial score (nSPS) is 20.0. The van der Waals surface area contributed by atoms with Crippen molar-refractivity contribution in [3.63, 3.8) is 0 Å². The zero-order valence-corrected chi connectivity index (χ0v) is 19.4. The van der Waals surface area contributed by atoms with E-state index in [9.17, 15) is 15.0 Å². The lowest BCUT2D eigenvalue weighted by Crippen LogP contribution is -2.44. The van der Waals surface area contributed by atoms with Crippen molar-refractivity contribution in [1.29, 1.82) is 0 Å². The number of β-amino-alcohol motifs (C(OH)–C–C–N with tert-alkyl or cyclic N) is 1. The maximum Gasteiger partial charge on any atom is 0.232 e. The van der Waals surface area contributed by atoms with Gasteiger partial charge in [-0.2, -0.15) is 0 Å². The first kappa shape index (κ1) is 22.9. The Balaban J connectivity index is 1.41. The van der Waals surface area contributed by atoms with Crippen LogP contribution in [-0.4, -0.2) is 52.2 Å². The highest BCUT2D eigenvalue weighted by molar-refractivity contribution is 5.98. The van der Waals surface area contributed by atoms with Gasteiger partial charge in [0.05, 0.1) is 11.7 Å². The van der Waals surface area contributed by atoms with E-state index in [1.807, 2.05) is 49.9 Å². The van der Waals surface area contributed by atoms with Crippen molar-refractivity contribution in [2.24, 2.45) is 5.41 Å². The van der Waals surface area contributed by atoms with E-state index in [-0.39, 0.29) is 5.91 Å². The molecule has 0 aliphatic carbocycles. The van der Waals surface area contributed by atoms with Gasteiger partial charge < -0.3 is 20.0 Å². The first-order chi connectivity index (χ1) is 15.2. The molecule has 3 heterocycles. The van der Waals surface area contributed by atoms with Crippen LogP contribution in [0.3, 0.4) is 0 Å². The van der Waals surface area contributed by atoms with Crippen molar-refractivity contribution in [1.82, 2.24) is 9.88 Å². The number of likely N-dealkylation sites (tertiary alicyclic amines) is 1. The number of hydrogen-bond donors (Lipinski definition) is 2. The van der Waals surface area contributed by atoms with E-state index in [1.54, 1.807) is 12.4 Å². The molecule has 1 aromatic carbocycles. The molecule has 6 nitrogen and oxygen atoms in total. The fourth-order valence-electron chi connectivity index (χ4n) is 4.82. The molecule has 0 saturated carbocycles. The smallest absolute Gasteiger partial charge is 0.232 e. The molecule has 1 fully saturated rings. The van der Waals surface area contributed by atoms with Crippen LogP contribution in [0.2, 0.25) is 0 Å². The van der Waals surface area contributed by atoms with Crippen LogP contribution in [0.5, 0.6) is 0 Å². The number of pyridine rings is 1. The molecule has 0 bridgehead atoms. The molecule has 2 aliphatic heterocycles. The molecular weight excluding hydrogens is 402 g/mol. The summed E-state index contributed by atoms with van der Waals surface area (Å²) in [6.07, 6.45) is 5.97. The summed E-state index contributed by atoms with van der Waals surface area (Å²) in [4.78, 5) is 21.1. The van der Waals surface area contributed by atoms with Crippen molar-refractivity contribution in [3.05, 3.63) is 59.4 Å². The van der Waals surface area contributed by atoms with Crippen LogP contribution >= 0.6 is 0 Å². The summed E-state index contributed by atoms with van der Waals surface area (Å²) < 4.78 is 0. The highest BCUT2D eigenvalue weighted by Gasteiger charge is 2.35. The molecular formula is C26H35N3O3. The van der Waals surface area contributed by atoms with E-state index in [4.69, 9.17) is 0 Å². The van der Waals surface area contributed by atoms with Gasteiger partial charge in [0, 0.05) is 55.2 Å². The molecule has 1 saturated heterocycles.